The van der Waals surface area contributed by atoms with Crippen molar-refractivity contribution in [1.29, 1.82) is 0 Å². The van der Waals surface area contributed by atoms with Gasteiger partial charge in [0.25, 0.3) is 5.91 Å². The normalized spacial score (nSPS) is 17.9. The van der Waals surface area contributed by atoms with Crippen LogP contribution in [0.2, 0.25) is 0 Å². The predicted molar refractivity (Wildman–Crippen MR) is 120 cm³/mol. The average Bonchev–Trinajstić information content (AvgIpc) is 2.96. The van der Waals surface area contributed by atoms with Gasteiger partial charge < -0.3 is 4.74 Å². The van der Waals surface area contributed by atoms with Crippen LogP contribution in [0, 0.1) is 11.6 Å². The van der Waals surface area contributed by atoms with E-state index in [9.17, 15) is 18.4 Å². The van der Waals surface area contributed by atoms with Crippen LogP contribution in [0.25, 0.3) is 0 Å². The van der Waals surface area contributed by atoms with Crippen molar-refractivity contribution < 1.29 is 23.1 Å². The number of halogens is 2. The number of carbonyl (C=O) groups is 2. The molecule has 0 bridgehead atoms. The van der Waals surface area contributed by atoms with E-state index >= 15 is 0 Å². The summed E-state index contributed by atoms with van der Waals surface area (Å²) in [6.07, 6.45) is -0.854. The van der Waals surface area contributed by atoms with Crippen LogP contribution in [-0.4, -0.2) is 17.6 Å². The zero-order valence-corrected chi connectivity index (χ0v) is 18.6. The van der Waals surface area contributed by atoms with Gasteiger partial charge in [0.1, 0.15) is 17.2 Å². The lowest BCUT2D eigenvalue weighted by Crippen LogP contribution is -2.44. The highest BCUT2D eigenvalue weighted by Gasteiger charge is 2.56. The lowest BCUT2D eigenvalue weighted by molar-refractivity contribution is -0.119. The number of nitrogens with zero attached hydrogens (tertiary/aromatic N) is 1. The number of rotatable bonds is 3. The van der Waals surface area contributed by atoms with Crippen LogP contribution in [0.15, 0.2) is 77.7 Å². The second-order valence-electron chi connectivity index (χ2n) is 8.39. The van der Waals surface area contributed by atoms with E-state index in [2.05, 4.69) is 0 Å². The maximum Gasteiger partial charge on any atom is 0.421 e. The van der Waals surface area contributed by atoms with E-state index in [1.54, 1.807) is 20.8 Å². The van der Waals surface area contributed by atoms with Crippen molar-refractivity contribution in [1.82, 2.24) is 0 Å². The molecule has 1 atom stereocenters. The Labute approximate surface area is 189 Å². The topological polar surface area (TPSA) is 46.6 Å². The van der Waals surface area contributed by atoms with Gasteiger partial charge in [-0.15, -0.1) is 0 Å². The molecule has 32 heavy (non-hydrogen) atoms. The molecule has 0 spiro atoms. The smallest absolute Gasteiger partial charge is 0.421 e. The second kappa shape index (κ2) is 8.06. The summed E-state index contributed by atoms with van der Waals surface area (Å²) in [5, 5.41) is 0. The minimum absolute atomic E-state index is 0.235. The Kier molecular flexibility index (Phi) is 5.54. The molecule has 1 aliphatic heterocycles. The number of carbonyl (C=O) groups excluding carboxylic acids is 2. The van der Waals surface area contributed by atoms with Gasteiger partial charge in [-0.05, 0) is 68.8 Å². The third kappa shape index (κ3) is 3.88. The molecule has 0 fully saturated rings. The molecule has 3 aromatic carbocycles. The van der Waals surface area contributed by atoms with Crippen LogP contribution < -0.4 is 4.90 Å². The molecule has 4 nitrogen and oxygen atoms in total. The summed E-state index contributed by atoms with van der Waals surface area (Å²) < 4.78 is 32.1. The zero-order valence-electron chi connectivity index (χ0n) is 17.8. The van der Waals surface area contributed by atoms with Gasteiger partial charge in [-0.25, -0.2) is 18.5 Å². The van der Waals surface area contributed by atoms with Crippen molar-refractivity contribution in [3.63, 3.8) is 0 Å². The number of imide groups is 1. The molecule has 0 aliphatic carbocycles. The van der Waals surface area contributed by atoms with Gasteiger partial charge >= 0.3 is 6.09 Å². The third-order valence-corrected chi connectivity index (χ3v) is 6.37. The molecular weight excluding hydrogens is 432 g/mol. The first-order chi connectivity index (χ1) is 15.1. The van der Waals surface area contributed by atoms with Gasteiger partial charge in [0.2, 0.25) is 0 Å². The number of fused-ring (bicyclic) bond motifs is 1. The van der Waals surface area contributed by atoms with Crippen LogP contribution in [0.1, 0.15) is 31.9 Å². The van der Waals surface area contributed by atoms with Crippen LogP contribution in [0.3, 0.4) is 0 Å². The molecule has 3 aromatic rings. The average molecular weight is 454 g/mol. The fourth-order valence-corrected chi connectivity index (χ4v) is 5.00. The van der Waals surface area contributed by atoms with E-state index in [-0.39, 0.29) is 5.69 Å². The second-order valence-corrected chi connectivity index (χ2v) is 9.67. The van der Waals surface area contributed by atoms with E-state index < -0.39 is 34.0 Å². The highest BCUT2D eigenvalue weighted by molar-refractivity contribution is 8.01. The van der Waals surface area contributed by atoms with Gasteiger partial charge in [-0.2, -0.15) is 0 Å². The highest BCUT2D eigenvalue weighted by atomic mass is 32.2. The Balaban J connectivity index is 1.96. The lowest BCUT2D eigenvalue weighted by atomic mass is 9.91. The first-order valence-electron chi connectivity index (χ1n) is 9.99. The Hall–Kier alpha value is -3.19. The molecule has 0 saturated carbocycles. The molecule has 1 heterocycles. The molecule has 2 amide bonds. The minimum atomic E-state index is -1.51. The summed E-state index contributed by atoms with van der Waals surface area (Å²) in [5.74, 6) is -1.63. The van der Waals surface area contributed by atoms with Crippen molar-refractivity contribution in [2.24, 2.45) is 0 Å². The fourth-order valence-electron chi connectivity index (χ4n) is 3.64. The van der Waals surface area contributed by atoms with Gasteiger partial charge in [0, 0.05) is 10.5 Å². The number of ether oxygens (including phenoxy) is 1. The Morgan fingerprint density at radius 3 is 2.19 bits per heavy atom. The Bertz CT molecular complexity index is 1180. The summed E-state index contributed by atoms with van der Waals surface area (Å²) in [4.78, 5) is 28.7. The number of anilines is 1. The van der Waals surface area contributed by atoms with Gasteiger partial charge in [-0.1, -0.05) is 42.1 Å². The molecule has 7 heteroatoms. The van der Waals surface area contributed by atoms with Crippen LogP contribution in [0.5, 0.6) is 0 Å². The molecule has 164 valence electrons. The van der Waals surface area contributed by atoms with Crippen molar-refractivity contribution in [2.75, 3.05) is 4.90 Å². The molecule has 0 N–H and O–H groups in total. The van der Waals surface area contributed by atoms with Crippen LogP contribution in [-0.2, 0) is 14.3 Å². The molecule has 0 unspecified atom stereocenters. The van der Waals surface area contributed by atoms with Crippen molar-refractivity contribution in [3.05, 3.63) is 95.6 Å². The Morgan fingerprint density at radius 1 is 0.938 bits per heavy atom. The number of thioether (sulfide) groups is 1. The summed E-state index contributed by atoms with van der Waals surface area (Å²) in [5.41, 5.74) is 0.119. The molecule has 4 rings (SSSR count). The van der Waals surface area contributed by atoms with E-state index in [0.29, 0.717) is 11.1 Å². The van der Waals surface area contributed by atoms with Crippen molar-refractivity contribution in [3.8, 4) is 0 Å². The maximum atomic E-state index is 14.4. The van der Waals surface area contributed by atoms with Gasteiger partial charge in [0.15, 0.2) is 4.75 Å². The molecule has 0 aromatic heterocycles. The van der Waals surface area contributed by atoms with E-state index in [1.165, 1.54) is 54.2 Å². The predicted octanol–water partition coefficient (Wildman–Crippen LogP) is 6.28. The SMILES string of the molecule is CC(C)(C)OC(=O)N1C(=O)[C@](Sc2ccccc2)(c2ccc(F)cc2)c2cc(F)ccc21. The first-order valence-corrected chi connectivity index (χ1v) is 10.8. The number of hydrogen-bond acceptors (Lipinski definition) is 4. The monoisotopic (exact) mass is 453 g/mol. The number of benzene rings is 3. The third-order valence-electron chi connectivity index (χ3n) is 4.92. The van der Waals surface area contributed by atoms with Gasteiger partial charge in [-0.3, -0.25) is 4.79 Å². The van der Waals surface area contributed by atoms with Crippen LogP contribution >= 0.6 is 11.8 Å². The fraction of sp³-hybridized carbons (Fsp3) is 0.200. The quantitative estimate of drug-likeness (QED) is 0.468. The summed E-state index contributed by atoms with van der Waals surface area (Å²) in [6.45, 7) is 5.09. The van der Waals surface area contributed by atoms with E-state index in [4.69, 9.17) is 4.74 Å². The van der Waals surface area contributed by atoms with Crippen LogP contribution in [0.4, 0.5) is 19.3 Å². The first kappa shape index (κ1) is 22.0. The largest absolute Gasteiger partial charge is 0.443 e. The number of amides is 2. The number of hydrogen-bond donors (Lipinski definition) is 0. The van der Waals surface area contributed by atoms with Crippen molar-refractivity contribution >= 4 is 29.4 Å². The minimum Gasteiger partial charge on any atom is -0.443 e. The van der Waals surface area contributed by atoms with E-state index in [0.717, 1.165) is 9.80 Å². The summed E-state index contributed by atoms with van der Waals surface area (Å²) in [7, 11) is 0. The molecule has 1 aliphatic rings. The Morgan fingerprint density at radius 2 is 1.56 bits per heavy atom. The van der Waals surface area contributed by atoms with E-state index in [1.807, 2.05) is 30.3 Å². The highest BCUT2D eigenvalue weighted by Crippen LogP contribution is 2.55. The van der Waals surface area contributed by atoms with Crippen molar-refractivity contribution in [2.45, 2.75) is 36.0 Å². The molecule has 0 saturated heterocycles. The summed E-state index contributed by atoms with van der Waals surface area (Å²) >= 11 is 1.17. The summed E-state index contributed by atoms with van der Waals surface area (Å²) in [6, 6.07) is 18.4. The standard InChI is InChI=1S/C25H21F2NO3S/c1-24(2,3)31-23(30)28-21-14-13-18(27)15-20(21)25(22(28)29,16-9-11-17(26)12-10-16)32-19-7-5-4-6-8-19/h4-15H,1-3H3/t25-/m0/s1. The van der Waals surface area contributed by atoms with Gasteiger partial charge in [0.05, 0.1) is 5.69 Å². The molecular formula is C25H21F2NO3S. The maximum absolute atomic E-state index is 14.4. The molecule has 0 radical (unpaired) electrons. The lowest BCUT2D eigenvalue weighted by Gasteiger charge is -2.29. The zero-order chi connectivity index (χ0) is 23.1.